The van der Waals surface area contributed by atoms with E-state index in [1.54, 1.807) is 6.08 Å². The average molecular weight is 397 g/mol. The van der Waals surface area contributed by atoms with Crippen molar-refractivity contribution < 1.29 is 4.79 Å². The maximum absolute atomic E-state index is 12.7. The molecule has 0 aromatic heterocycles. The molecule has 0 aliphatic carbocycles. The van der Waals surface area contributed by atoms with Gasteiger partial charge in [-0.25, -0.2) is 0 Å². The van der Waals surface area contributed by atoms with Crippen LogP contribution in [0.25, 0.3) is 6.08 Å². The molecule has 3 heteroatoms. The number of carbonyl (C=O) groups is 1. The van der Waals surface area contributed by atoms with Crippen LogP contribution in [0.5, 0.6) is 0 Å². The van der Waals surface area contributed by atoms with Crippen LogP contribution in [-0.2, 0) is 4.79 Å². The van der Waals surface area contributed by atoms with Gasteiger partial charge in [-0.05, 0) is 29.7 Å². The second kappa shape index (κ2) is 9.55. The third-order valence-electron chi connectivity index (χ3n) is 5.72. The highest BCUT2D eigenvalue weighted by molar-refractivity contribution is 5.91. The minimum atomic E-state index is 0.0891. The third-order valence-corrected chi connectivity index (χ3v) is 5.72. The molecule has 30 heavy (non-hydrogen) atoms. The normalized spacial score (nSPS) is 15.1. The summed E-state index contributed by atoms with van der Waals surface area (Å²) in [5, 5.41) is 0. The molecular formula is C27H28N2O. The fourth-order valence-corrected chi connectivity index (χ4v) is 4.04. The number of piperazine rings is 1. The lowest BCUT2D eigenvalue weighted by Crippen LogP contribution is -2.49. The van der Waals surface area contributed by atoms with Gasteiger partial charge in [0.25, 0.3) is 0 Å². The molecule has 3 nitrogen and oxygen atoms in total. The molecule has 0 radical (unpaired) electrons. The summed E-state index contributed by atoms with van der Waals surface area (Å²) in [5.74, 6) is 0.0891. The SMILES string of the molecule is Cc1ccc(/C=C\C(=O)N2CCN(C(c3ccccc3)c3ccccc3)CC2)cc1. The van der Waals surface area contributed by atoms with Crippen LogP contribution in [0.1, 0.15) is 28.3 Å². The van der Waals surface area contributed by atoms with Crippen LogP contribution < -0.4 is 0 Å². The van der Waals surface area contributed by atoms with E-state index < -0.39 is 0 Å². The topological polar surface area (TPSA) is 23.6 Å². The first-order valence-electron chi connectivity index (χ1n) is 10.6. The number of aryl methyl sites for hydroxylation is 1. The van der Waals surface area contributed by atoms with E-state index in [1.165, 1.54) is 16.7 Å². The minimum absolute atomic E-state index is 0.0891. The molecule has 152 valence electrons. The molecule has 0 N–H and O–H groups in total. The Hall–Kier alpha value is -3.17. The smallest absolute Gasteiger partial charge is 0.246 e. The first-order chi connectivity index (χ1) is 14.7. The standard InChI is InChI=1S/C27H28N2O/c1-22-12-14-23(15-13-22)16-17-26(30)28-18-20-29(21-19-28)27(24-8-4-2-5-9-24)25-10-6-3-7-11-25/h2-17,27H,18-21H2,1H3/b17-16-. The highest BCUT2D eigenvalue weighted by atomic mass is 16.2. The average Bonchev–Trinajstić information content (AvgIpc) is 2.81. The second-order valence-electron chi connectivity index (χ2n) is 7.83. The predicted molar refractivity (Wildman–Crippen MR) is 123 cm³/mol. The largest absolute Gasteiger partial charge is 0.337 e. The lowest BCUT2D eigenvalue weighted by atomic mass is 9.96. The van der Waals surface area contributed by atoms with Crippen LogP contribution in [0, 0.1) is 6.92 Å². The third kappa shape index (κ3) is 4.87. The number of benzene rings is 3. The van der Waals surface area contributed by atoms with Crippen molar-refractivity contribution in [2.24, 2.45) is 0 Å². The predicted octanol–water partition coefficient (Wildman–Crippen LogP) is 4.94. The molecule has 1 aliphatic heterocycles. The summed E-state index contributed by atoms with van der Waals surface area (Å²) in [5.41, 5.74) is 4.87. The van der Waals surface area contributed by atoms with Crippen molar-refractivity contribution in [3.8, 4) is 0 Å². The van der Waals surface area contributed by atoms with E-state index in [-0.39, 0.29) is 11.9 Å². The molecule has 1 amide bonds. The monoisotopic (exact) mass is 396 g/mol. The van der Waals surface area contributed by atoms with Crippen LogP contribution in [0.3, 0.4) is 0 Å². The second-order valence-corrected chi connectivity index (χ2v) is 7.83. The summed E-state index contributed by atoms with van der Waals surface area (Å²) < 4.78 is 0. The van der Waals surface area contributed by atoms with Crippen molar-refractivity contribution in [3.63, 3.8) is 0 Å². The maximum atomic E-state index is 12.7. The lowest BCUT2D eigenvalue weighted by molar-refractivity contribution is -0.127. The summed E-state index contributed by atoms with van der Waals surface area (Å²) in [6.07, 6.45) is 3.61. The Kier molecular flexibility index (Phi) is 6.41. The van der Waals surface area contributed by atoms with Gasteiger partial charge in [0.15, 0.2) is 0 Å². The van der Waals surface area contributed by atoms with Crippen molar-refractivity contribution in [1.82, 2.24) is 9.80 Å². The minimum Gasteiger partial charge on any atom is -0.337 e. The zero-order valence-electron chi connectivity index (χ0n) is 17.4. The van der Waals surface area contributed by atoms with Crippen LogP contribution in [0.15, 0.2) is 91.0 Å². The number of hydrogen-bond acceptors (Lipinski definition) is 2. The highest BCUT2D eigenvalue weighted by Crippen LogP contribution is 2.29. The lowest BCUT2D eigenvalue weighted by Gasteiger charge is -2.39. The van der Waals surface area contributed by atoms with Gasteiger partial charge < -0.3 is 4.90 Å². The van der Waals surface area contributed by atoms with E-state index in [0.29, 0.717) is 0 Å². The number of rotatable bonds is 5. The Labute approximate surface area is 179 Å². The molecule has 0 spiro atoms. The van der Waals surface area contributed by atoms with E-state index >= 15 is 0 Å². The van der Waals surface area contributed by atoms with E-state index in [2.05, 4.69) is 84.6 Å². The van der Waals surface area contributed by atoms with Crippen molar-refractivity contribution >= 4 is 12.0 Å². The Morgan fingerprint density at radius 3 is 1.83 bits per heavy atom. The highest BCUT2D eigenvalue weighted by Gasteiger charge is 2.27. The molecule has 3 aromatic rings. The summed E-state index contributed by atoms with van der Waals surface area (Å²) in [6.45, 7) is 5.27. The first-order valence-corrected chi connectivity index (χ1v) is 10.6. The zero-order valence-corrected chi connectivity index (χ0v) is 17.4. The zero-order chi connectivity index (χ0) is 20.8. The van der Waals surface area contributed by atoms with Gasteiger partial charge in [0.1, 0.15) is 0 Å². The van der Waals surface area contributed by atoms with Crippen LogP contribution in [-0.4, -0.2) is 41.9 Å². The Balaban J connectivity index is 1.43. The van der Waals surface area contributed by atoms with Crippen LogP contribution in [0.4, 0.5) is 0 Å². The van der Waals surface area contributed by atoms with Crippen molar-refractivity contribution in [3.05, 3.63) is 113 Å². The van der Waals surface area contributed by atoms with E-state index in [4.69, 9.17) is 0 Å². The van der Waals surface area contributed by atoms with Gasteiger partial charge >= 0.3 is 0 Å². The number of nitrogens with zero attached hydrogens (tertiary/aromatic N) is 2. The molecule has 0 unspecified atom stereocenters. The Morgan fingerprint density at radius 1 is 0.767 bits per heavy atom. The van der Waals surface area contributed by atoms with Gasteiger partial charge in [0.05, 0.1) is 6.04 Å². The van der Waals surface area contributed by atoms with Gasteiger partial charge in [0.2, 0.25) is 5.91 Å². The van der Waals surface area contributed by atoms with Crippen molar-refractivity contribution in [2.45, 2.75) is 13.0 Å². The molecular weight excluding hydrogens is 368 g/mol. The fraction of sp³-hybridized carbons (Fsp3) is 0.222. The van der Waals surface area contributed by atoms with Crippen molar-refractivity contribution in [2.75, 3.05) is 26.2 Å². The van der Waals surface area contributed by atoms with Crippen LogP contribution in [0.2, 0.25) is 0 Å². The molecule has 1 heterocycles. The Bertz CT molecular complexity index is 933. The van der Waals surface area contributed by atoms with Gasteiger partial charge in [-0.3, -0.25) is 9.69 Å². The van der Waals surface area contributed by atoms with Gasteiger partial charge in [-0.1, -0.05) is 90.5 Å². The summed E-state index contributed by atoms with van der Waals surface area (Å²) in [4.78, 5) is 17.1. The Morgan fingerprint density at radius 2 is 1.30 bits per heavy atom. The number of carbonyl (C=O) groups excluding carboxylic acids is 1. The van der Waals surface area contributed by atoms with Crippen LogP contribution >= 0.6 is 0 Å². The van der Waals surface area contributed by atoms with Gasteiger partial charge in [-0.2, -0.15) is 0 Å². The first kappa shape index (κ1) is 20.1. The fourth-order valence-electron chi connectivity index (χ4n) is 4.04. The molecule has 0 atom stereocenters. The van der Waals surface area contributed by atoms with Gasteiger partial charge in [0, 0.05) is 32.3 Å². The number of amides is 1. The summed E-state index contributed by atoms with van der Waals surface area (Å²) >= 11 is 0. The van der Waals surface area contributed by atoms with Gasteiger partial charge in [-0.15, -0.1) is 0 Å². The molecule has 0 bridgehead atoms. The van der Waals surface area contributed by atoms with Crippen molar-refractivity contribution in [1.29, 1.82) is 0 Å². The van der Waals surface area contributed by atoms with E-state index in [9.17, 15) is 4.79 Å². The molecule has 3 aromatic carbocycles. The molecule has 1 fully saturated rings. The molecule has 1 aliphatic rings. The summed E-state index contributed by atoms with van der Waals surface area (Å²) in [7, 11) is 0. The molecule has 4 rings (SSSR count). The molecule has 1 saturated heterocycles. The molecule has 0 saturated carbocycles. The quantitative estimate of drug-likeness (QED) is 0.570. The summed E-state index contributed by atoms with van der Waals surface area (Å²) in [6, 6.07) is 29.7. The maximum Gasteiger partial charge on any atom is 0.246 e. The van der Waals surface area contributed by atoms with E-state index in [1.807, 2.05) is 23.1 Å². The number of hydrogen-bond donors (Lipinski definition) is 0. The van der Waals surface area contributed by atoms with E-state index in [0.717, 1.165) is 31.7 Å².